The van der Waals surface area contributed by atoms with Crippen LogP contribution in [0.4, 0.5) is 0 Å². The summed E-state index contributed by atoms with van der Waals surface area (Å²) in [6.07, 6.45) is 9.73. The third kappa shape index (κ3) is 5.65. The standard InChI is InChI=1S/C26H31Cl2N3O/c27-21-12-9-13-22(28)20(21)18-31-24-15-7-6-14-23(24)30-25(31)16-5-2-8-17-29-26(32)19-10-3-1-4-11-19/h6-7,9,12-15,19H,1-5,8,10-11,16-18H2,(H,29,32). The number of aryl methyl sites for hydroxylation is 1. The van der Waals surface area contributed by atoms with E-state index in [1.807, 2.05) is 36.4 Å². The number of para-hydroxylation sites is 2. The van der Waals surface area contributed by atoms with Crippen molar-refractivity contribution in [2.75, 3.05) is 6.54 Å². The molecule has 1 amide bonds. The minimum atomic E-state index is 0.236. The molecule has 0 bridgehead atoms. The lowest BCUT2D eigenvalue weighted by Gasteiger charge is -2.20. The summed E-state index contributed by atoms with van der Waals surface area (Å²) in [7, 11) is 0. The first-order chi connectivity index (χ1) is 15.6. The molecule has 1 aliphatic rings. The van der Waals surface area contributed by atoms with Crippen LogP contribution in [0.5, 0.6) is 0 Å². The van der Waals surface area contributed by atoms with Crippen LogP contribution in [-0.4, -0.2) is 22.0 Å². The highest BCUT2D eigenvalue weighted by Gasteiger charge is 2.20. The number of aromatic nitrogens is 2. The van der Waals surface area contributed by atoms with Crippen LogP contribution in [-0.2, 0) is 17.8 Å². The van der Waals surface area contributed by atoms with Gasteiger partial charge in [0.05, 0.1) is 17.6 Å². The van der Waals surface area contributed by atoms with Gasteiger partial charge in [-0.1, -0.05) is 67.1 Å². The number of carbonyl (C=O) groups excluding carboxylic acids is 1. The van der Waals surface area contributed by atoms with Gasteiger partial charge < -0.3 is 9.88 Å². The van der Waals surface area contributed by atoms with Crippen LogP contribution < -0.4 is 5.32 Å². The van der Waals surface area contributed by atoms with E-state index in [4.69, 9.17) is 28.2 Å². The maximum absolute atomic E-state index is 12.3. The van der Waals surface area contributed by atoms with E-state index >= 15 is 0 Å². The van der Waals surface area contributed by atoms with Gasteiger partial charge in [-0.3, -0.25) is 4.79 Å². The second-order valence-corrected chi connectivity index (χ2v) is 9.55. The molecule has 0 spiro atoms. The normalized spacial score (nSPS) is 14.7. The molecule has 2 aromatic carbocycles. The summed E-state index contributed by atoms with van der Waals surface area (Å²) < 4.78 is 2.23. The predicted molar refractivity (Wildman–Crippen MR) is 132 cm³/mol. The predicted octanol–water partition coefficient (Wildman–Crippen LogP) is 6.80. The molecule has 1 N–H and O–H groups in total. The van der Waals surface area contributed by atoms with Crippen LogP contribution in [0, 0.1) is 5.92 Å². The molecule has 1 saturated carbocycles. The van der Waals surface area contributed by atoms with Crippen molar-refractivity contribution in [1.82, 2.24) is 14.9 Å². The van der Waals surface area contributed by atoms with Crippen molar-refractivity contribution in [1.29, 1.82) is 0 Å². The smallest absolute Gasteiger partial charge is 0.223 e. The summed E-state index contributed by atoms with van der Waals surface area (Å²) in [4.78, 5) is 17.2. The van der Waals surface area contributed by atoms with Crippen molar-refractivity contribution in [2.24, 2.45) is 5.92 Å². The first kappa shape index (κ1) is 23.1. The van der Waals surface area contributed by atoms with Gasteiger partial charge in [0, 0.05) is 34.5 Å². The molecule has 1 aromatic heterocycles. The third-order valence-electron chi connectivity index (χ3n) is 6.46. The van der Waals surface area contributed by atoms with Crippen LogP contribution in [0.2, 0.25) is 10.0 Å². The molecular formula is C26H31Cl2N3O. The van der Waals surface area contributed by atoms with Crippen molar-refractivity contribution >= 4 is 40.1 Å². The second-order valence-electron chi connectivity index (χ2n) is 8.74. The minimum absolute atomic E-state index is 0.236. The van der Waals surface area contributed by atoms with Gasteiger partial charge in [0.1, 0.15) is 5.82 Å². The molecule has 6 heteroatoms. The molecule has 1 heterocycles. The lowest BCUT2D eigenvalue weighted by atomic mass is 9.89. The Kier molecular flexibility index (Phi) is 8.10. The Morgan fingerprint density at radius 1 is 0.969 bits per heavy atom. The molecule has 0 aliphatic heterocycles. The SMILES string of the molecule is O=C(NCCCCCc1nc2ccccc2n1Cc1c(Cl)cccc1Cl)C1CCCCC1. The average molecular weight is 472 g/mol. The molecule has 4 rings (SSSR count). The molecule has 3 aromatic rings. The van der Waals surface area contributed by atoms with Gasteiger partial charge in [0.2, 0.25) is 5.91 Å². The zero-order valence-corrected chi connectivity index (χ0v) is 20.0. The van der Waals surface area contributed by atoms with E-state index < -0.39 is 0 Å². The molecule has 0 radical (unpaired) electrons. The number of halogens is 2. The van der Waals surface area contributed by atoms with Crippen molar-refractivity contribution < 1.29 is 4.79 Å². The average Bonchev–Trinajstić information content (AvgIpc) is 3.16. The fraction of sp³-hybridized carbons (Fsp3) is 0.462. The van der Waals surface area contributed by atoms with Crippen LogP contribution in [0.15, 0.2) is 42.5 Å². The fourth-order valence-corrected chi connectivity index (χ4v) is 5.16. The van der Waals surface area contributed by atoms with Gasteiger partial charge in [-0.15, -0.1) is 0 Å². The number of imidazole rings is 1. The number of rotatable bonds is 9. The van der Waals surface area contributed by atoms with Gasteiger partial charge in [-0.05, 0) is 49.9 Å². The Labute approximate surface area is 200 Å². The van der Waals surface area contributed by atoms with Crippen LogP contribution in [0.1, 0.15) is 62.8 Å². The lowest BCUT2D eigenvalue weighted by molar-refractivity contribution is -0.125. The number of unbranched alkanes of at least 4 members (excludes halogenated alkanes) is 2. The van der Waals surface area contributed by atoms with Crippen LogP contribution in [0.3, 0.4) is 0 Å². The summed E-state index contributed by atoms with van der Waals surface area (Å²) in [6, 6.07) is 13.8. The lowest BCUT2D eigenvalue weighted by Crippen LogP contribution is -2.32. The Morgan fingerprint density at radius 2 is 1.72 bits per heavy atom. The molecule has 1 aliphatic carbocycles. The van der Waals surface area contributed by atoms with Crippen LogP contribution >= 0.6 is 23.2 Å². The second kappa shape index (κ2) is 11.2. The van der Waals surface area contributed by atoms with E-state index in [-0.39, 0.29) is 11.8 Å². The Bertz CT molecular complexity index is 1040. The third-order valence-corrected chi connectivity index (χ3v) is 7.17. The zero-order chi connectivity index (χ0) is 22.3. The Hall–Kier alpha value is -2.04. The maximum atomic E-state index is 12.3. The Balaban J connectivity index is 1.34. The number of fused-ring (bicyclic) bond motifs is 1. The monoisotopic (exact) mass is 471 g/mol. The van der Waals surface area contributed by atoms with Crippen molar-refractivity contribution in [2.45, 2.75) is 64.3 Å². The van der Waals surface area contributed by atoms with E-state index in [0.717, 1.165) is 67.5 Å². The highest BCUT2D eigenvalue weighted by Crippen LogP contribution is 2.28. The topological polar surface area (TPSA) is 46.9 Å². The highest BCUT2D eigenvalue weighted by molar-refractivity contribution is 6.36. The van der Waals surface area contributed by atoms with Crippen LogP contribution in [0.25, 0.3) is 11.0 Å². The first-order valence-corrected chi connectivity index (χ1v) is 12.5. The largest absolute Gasteiger partial charge is 0.356 e. The van der Waals surface area contributed by atoms with Crippen molar-refractivity contribution in [3.05, 3.63) is 63.9 Å². The number of benzene rings is 2. The van der Waals surface area contributed by atoms with E-state index in [9.17, 15) is 4.79 Å². The minimum Gasteiger partial charge on any atom is -0.356 e. The number of nitrogens with zero attached hydrogens (tertiary/aromatic N) is 2. The summed E-state index contributed by atoms with van der Waals surface area (Å²) in [6.45, 7) is 1.37. The molecular weight excluding hydrogens is 441 g/mol. The summed E-state index contributed by atoms with van der Waals surface area (Å²) >= 11 is 12.9. The van der Waals surface area contributed by atoms with E-state index in [1.165, 1.54) is 19.3 Å². The van der Waals surface area contributed by atoms with E-state index in [1.54, 1.807) is 0 Å². The van der Waals surface area contributed by atoms with Gasteiger partial charge in [0.15, 0.2) is 0 Å². The highest BCUT2D eigenvalue weighted by atomic mass is 35.5. The number of carbonyl (C=O) groups is 1. The maximum Gasteiger partial charge on any atom is 0.223 e. The number of nitrogens with one attached hydrogen (secondary N) is 1. The van der Waals surface area contributed by atoms with E-state index in [0.29, 0.717) is 16.6 Å². The van der Waals surface area contributed by atoms with Crippen molar-refractivity contribution in [3.8, 4) is 0 Å². The molecule has 0 unspecified atom stereocenters. The Morgan fingerprint density at radius 3 is 2.50 bits per heavy atom. The molecule has 0 saturated heterocycles. The molecule has 0 atom stereocenters. The first-order valence-electron chi connectivity index (χ1n) is 11.8. The number of hydrogen-bond acceptors (Lipinski definition) is 2. The molecule has 170 valence electrons. The molecule has 1 fully saturated rings. The van der Waals surface area contributed by atoms with E-state index in [2.05, 4.69) is 16.0 Å². The zero-order valence-electron chi connectivity index (χ0n) is 18.5. The molecule has 4 nitrogen and oxygen atoms in total. The van der Waals surface area contributed by atoms with Gasteiger partial charge in [0.25, 0.3) is 0 Å². The molecule has 32 heavy (non-hydrogen) atoms. The van der Waals surface area contributed by atoms with Gasteiger partial charge in [-0.2, -0.15) is 0 Å². The van der Waals surface area contributed by atoms with Gasteiger partial charge in [-0.25, -0.2) is 4.98 Å². The summed E-state index contributed by atoms with van der Waals surface area (Å²) in [5.74, 6) is 1.54. The summed E-state index contributed by atoms with van der Waals surface area (Å²) in [5, 5.41) is 4.49. The summed E-state index contributed by atoms with van der Waals surface area (Å²) in [5.41, 5.74) is 3.01. The van der Waals surface area contributed by atoms with Crippen molar-refractivity contribution in [3.63, 3.8) is 0 Å². The van der Waals surface area contributed by atoms with Gasteiger partial charge >= 0.3 is 0 Å². The number of amides is 1. The quantitative estimate of drug-likeness (QED) is 0.348. The fourth-order valence-electron chi connectivity index (χ4n) is 4.64. The number of hydrogen-bond donors (Lipinski definition) is 1.